The van der Waals surface area contributed by atoms with Gasteiger partial charge in [0.1, 0.15) is 0 Å². The number of hydrogen-bond donors (Lipinski definition) is 1. The molecule has 3 unspecified atom stereocenters. The first-order valence-electron chi connectivity index (χ1n) is 8.24. The summed E-state index contributed by atoms with van der Waals surface area (Å²) < 4.78 is 0. The Morgan fingerprint density at radius 2 is 1.68 bits per heavy atom. The Bertz CT molecular complexity index is 318. The van der Waals surface area contributed by atoms with Crippen LogP contribution in [0.5, 0.6) is 0 Å². The first-order valence-corrected chi connectivity index (χ1v) is 8.24. The van der Waals surface area contributed by atoms with Gasteiger partial charge in [0.15, 0.2) is 0 Å². The molecule has 3 heteroatoms. The van der Waals surface area contributed by atoms with Gasteiger partial charge in [0, 0.05) is 18.6 Å². The smallest absolute Gasteiger partial charge is 0.0746 e. The molecule has 3 rings (SSSR count). The maximum absolute atomic E-state index is 10.7. The zero-order valence-electron chi connectivity index (χ0n) is 12.6. The minimum absolute atomic E-state index is 0.102. The SMILES string of the molecule is CC1(C)CCCC(N2CCCN3CCCC3C2)C1O. The molecule has 2 aliphatic heterocycles. The summed E-state index contributed by atoms with van der Waals surface area (Å²) in [5, 5.41) is 10.7. The largest absolute Gasteiger partial charge is 0.391 e. The minimum Gasteiger partial charge on any atom is -0.391 e. The van der Waals surface area contributed by atoms with Crippen molar-refractivity contribution in [3.8, 4) is 0 Å². The average Bonchev–Trinajstić information content (AvgIpc) is 2.70. The molecular weight excluding hydrogens is 236 g/mol. The summed E-state index contributed by atoms with van der Waals surface area (Å²) in [5.41, 5.74) is 0.102. The van der Waals surface area contributed by atoms with Crippen molar-refractivity contribution in [3.63, 3.8) is 0 Å². The molecule has 0 bridgehead atoms. The van der Waals surface area contributed by atoms with Crippen LogP contribution in [0, 0.1) is 5.41 Å². The highest BCUT2D eigenvalue weighted by molar-refractivity contribution is 4.96. The van der Waals surface area contributed by atoms with E-state index >= 15 is 0 Å². The predicted octanol–water partition coefficient (Wildman–Crippen LogP) is 2.10. The van der Waals surface area contributed by atoms with E-state index < -0.39 is 0 Å². The van der Waals surface area contributed by atoms with Crippen LogP contribution < -0.4 is 0 Å². The molecule has 3 atom stereocenters. The summed E-state index contributed by atoms with van der Waals surface area (Å²) in [7, 11) is 0. The highest BCUT2D eigenvalue weighted by Gasteiger charge is 2.42. The van der Waals surface area contributed by atoms with Crippen LogP contribution in [-0.2, 0) is 0 Å². The molecule has 0 spiro atoms. The van der Waals surface area contributed by atoms with E-state index in [-0.39, 0.29) is 11.5 Å². The van der Waals surface area contributed by atoms with Crippen molar-refractivity contribution < 1.29 is 5.11 Å². The fraction of sp³-hybridized carbons (Fsp3) is 1.00. The van der Waals surface area contributed by atoms with Gasteiger partial charge in [0.05, 0.1) is 6.10 Å². The Labute approximate surface area is 118 Å². The van der Waals surface area contributed by atoms with E-state index in [4.69, 9.17) is 0 Å². The molecule has 3 aliphatic rings. The molecule has 0 amide bonds. The van der Waals surface area contributed by atoms with E-state index in [0.29, 0.717) is 6.04 Å². The minimum atomic E-state index is -0.144. The Balaban J connectivity index is 1.70. The van der Waals surface area contributed by atoms with E-state index in [1.54, 1.807) is 0 Å². The van der Waals surface area contributed by atoms with E-state index in [1.165, 1.54) is 64.7 Å². The predicted molar refractivity (Wildman–Crippen MR) is 78.2 cm³/mol. The van der Waals surface area contributed by atoms with Gasteiger partial charge in [-0.15, -0.1) is 0 Å². The molecule has 110 valence electrons. The number of fused-ring (bicyclic) bond motifs is 1. The van der Waals surface area contributed by atoms with Crippen LogP contribution in [0.3, 0.4) is 0 Å². The summed E-state index contributed by atoms with van der Waals surface area (Å²) >= 11 is 0. The summed E-state index contributed by atoms with van der Waals surface area (Å²) in [6.45, 7) is 9.43. The fourth-order valence-electron chi connectivity index (χ4n) is 4.51. The second-order valence-electron chi connectivity index (χ2n) is 7.57. The summed E-state index contributed by atoms with van der Waals surface area (Å²) in [4.78, 5) is 5.31. The highest BCUT2D eigenvalue weighted by Crippen LogP contribution is 2.38. The zero-order chi connectivity index (χ0) is 13.5. The van der Waals surface area contributed by atoms with Crippen LogP contribution in [0.25, 0.3) is 0 Å². The van der Waals surface area contributed by atoms with Crippen LogP contribution in [0.2, 0.25) is 0 Å². The lowest BCUT2D eigenvalue weighted by Gasteiger charge is -2.46. The van der Waals surface area contributed by atoms with Crippen LogP contribution in [0.15, 0.2) is 0 Å². The van der Waals surface area contributed by atoms with Crippen molar-refractivity contribution in [1.82, 2.24) is 9.80 Å². The number of rotatable bonds is 1. The third-order valence-electron chi connectivity index (χ3n) is 5.79. The molecule has 3 fully saturated rings. The van der Waals surface area contributed by atoms with E-state index in [9.17, 15) is 5.11 Å². The zero-order valence-corrected chi connectivity index (χ0v) is 12.6. The van der Waals surface area contributed by atoms with Crippen LogP contribution >= 0.6 is 0 Å². The van der Waals surface area contributed by atoms with Crippen LogP contribution in [0.1, 0.15) is 52.4 Å². The molecule has 1 aliphatic carbocycles. The van der Waals surface area contributed by atoms with Gasteiger partial charge in [-0.1, -0.05) is 20.3 Å². The van der Waals surface area contributed by atoms with Gasteiger partial charge in [-0.05, 0) is 57.2 Å². The number of aliphatic hydroxyl groups is 1. The van der Waals surface area contributed by atoms with Crippen molar-refractivity contribution >= 4 is 0 Å². The highest BCUT2D eigenvalue weighted by atomic mass is 16.3. The third kappa shape index (κ3) is 2.70. The molecule has 0 aromatic carbocycles. The molecule has 0 aromatic rings. The average molecular weight is 266 g/mol. The normalized spacial score (nSPS) is 40.9. The van der Waals surface area contributed by atoms with Gasteiger partial charge in [-0.2, -0.15) is 0 Å². The van der Waals surface area contributed by atoms with Gasteiger partial charge in [0.25, 0.3) is 0 Å². The summed E-state index contributed by atoms with van der Waals surface area (Å²) in [6.07, 6.45) is 7.51. The molecule has 0 aromatic heterocycles. The molecule has 19 heavy (non-hydrogen) atoms. The van der Waals surface area contributed by atoms with E-state index in [0.717, 1.165) is 6.04 Å². The van der Waals surface area contributed by atoms with Crippen LogP contribution in [-0.4, -0.2) is 59.3 Å². The molecule has 1 N–H and O–H groups in total. The molecule has 3 nitrogen and oxygen atoms in total. The maximum Gasteiger partial charge on any atom is 0.0746 e. The van der Waals surface area contributed by atoms with Crippen LogP contribution in [0.4, 0.5) is 0 Å². The number of hydrogen-bond acceptors (Lipinski definition) is 3. The Hall–Kier alpha value is -0.120. The Kier molecular flexibility index (Phi) is 3.89. The van der Waals surface area contributed by atoms with E-state index in [2.05, 4.69) is 23.6 Å². The fourth-order valence-corrected chi connectivity index (χ4v) is 4.51. The standard InChI is InChI=1S/C16H30N2O/c1-16(2)8-3-7-14(15(16)19)18-11-5-10-17-9-4-6-13(17)12-18/h13-15,19H,3-12H2,1-2H3. The summed E-state index contributed by atoms with van der Waals surface area (Å²) in [5.74, 6) is 0. The van der Waals surface area contributed by atoms with Crippen molar-refractivity contribution in [2.24, 2.45) is 5.41 Å². The van der Waals surface area contributed by atoms with Crippen molar-refractivity contribution in [3.05, 3.63) is 0 Å². The van der Waals surface area contributed by atoms with Gasteiger partial charge in [-0.25, -0.2) is 0 Å². The maximum atomic E-state index is 10.7. The van der Waals surface area contributed by atoms with Crippen molar-refractivity contribution in [2.45, 2.75) is 70.6 Å². The monoisotopic (exact) mass is 266 g/mol. The van der Waals surface area contributed by atoms with E-state index in [1.807, 2.05) is 0 Å². The number of aliphatic hydroxyl groups excluding tert-OH is 1. The summed E-state index contributed by atoms with van der Waals surface area (Å²) in [6, 6.07) is 1.17. The van der Waals surface area contributed by atoms with Crippen molar-refractivity contribution in [1.29, 1.82) is 0 Å². The van der Waals surface area contributed by atoms with Crippen molar-refractivity contribution in [2.75, 3.05) is 26.2 Å². The Morgan fingerprint density at radius 1 is 0.947 bits per heavy atom. The van der Waals surface area contributed by atoms with Gasteiger partial charge >= 0.3 is 0 Å². The second kappa shape index (κ2) is 5.34. The second-order valence-corrected chi connectivity index (χ2v) is 7.57. The van der Waals surface area contributed by atoms with Gasteiger partial charge in [-0.3, -0.25) is 9.80 Å². The molecular formula is C16H30N2O. The lowest BCUT2D eigenvalue weighted by molar-refractivity contribution is -0.0583. The first-order chi connectivity index (χ1) is 9.08. The molecule has 0 radical (unpaired) electrons. The quantitative estimate of drug-likeness (QED) is 0.787. The third-order valence-corrected chi connectivity index (χ3v) is 5.79. The Morgan fingerprint density at radius 3 is 2.53 bits per heavy atom. The first kappa shape index (κ1) is 13.8. The molecule has 2 heterocycles. The lowest BCUT2D eigenvalue weighted by atomic mass is 9.72. The molecule has 1 saturated carbocycles. The number of nitrogens with zero attached hydrogens (tertiary/aromatic N) is 2. The molecule has 2 saturated heterocycles. The lowest BCUT2D eigenvalue weighted by Crippen LogP contribution is -2.54. The van der Waals surface area contributed by atoms with Gasteiger partial charge < -0.3 is 5.11 Å². The topological polar surface area (TPSA) is 26.7 Å². The van der Waals surface area contributed by atoms with Gasteiger partial charge in [0.2, 0.25) is 0 Å².